The largest absolute Gasteiger partial charge is 0.467 e. The lowest BCUT2D eigenvalue weighted by atomic mass is 9.97. The zero-order valence-corrected chi connectivity index (χ0v) is 19.1. The van der Waals surface area contributed by atoms with E-state index in [-0.39, 0.29) is 11.9 Å². The van der Waals surface area contributed by atoms with Gasteiger partial charge in [-0.15, -0.1) is 0 Å². The van der Waals surface area contributed by atoms with Crippen LogP contribution in [-0.4, -0.2) is 48.3 Å². The molecule has 172 valence electrons. The van der Waals surface area contributed by atoms with E-state index in [4.69, 9.17) is 4.42 Å². The SMILES string of the molecule is O=C1C(Cc2ccccc2)NC2(CCN(S(=O)(=O)c3ccccc3)CC2)N1Cc1ccco1. The van der Waals surface area contributed by atoms with E-state index in [1.807, 2.05) is 47.4 Å². The van der Waals surface area contributed by atoms with Crippen LogP contribution in [0.15, 0.2) is 88.4 Å². The molecule has 2 fully saturated rings. The monoisotopic (exact) mass is 465 g/mol. The summed E-state index contributed by atoms with van der Waals surface area (Å²) in [7, 11) is -3.57. The summed E-state index contributed by atoms with van der Waals surface area (Å²) in [5.41, 5.74) is 0.480. The van der Waals surface area contributed by atoms with Crippen LogP contribution in [0.25, 0.3) is 0 Å². The van der Waals surface area contributed by atoms with Crippen LogP contribution in [0.4, 0.5) is 0 Å². The first kappa shape index (κ1) is 21.9. The molecule has 2 aromatic carbocycles. The average Bonchev–Trinajstić information content (AvgIpc) is 3.44. The normalized spacial score (nSPS) is 21.0. The molecule has 3 aromatic rings. The highest BCUT2D eigenvalue weighted by atomic mass is 32.2. The molecular formula is C25H27N3O4S. The molecule has 8 heteroatoms. The lowest BCUT2D eigenvalue weighted by molar-refractivity contribution is -0.134. The van der Waals surface area contributed by atoms with Crippen LogP contribution in [0.3, 0.4) is 0 Å². The summed E-state index contributed by atoms with van der Waals surface area (Å²) in [6.45, 7) is 1.03. The molecule has 1 atom stereocenters. The zero-order valence-electron chi connectivity index (χ0n) is 18.3. The number of sulfonamides is 1. The van der Waals surface area contributed by atoms with Crippen molar-refractivity contribution in [3.63, 3.8) is 0 Å². The van der Waals surface area contributed by atoms with E-state index in [2.05, 4.69) is 5.32 Å². The van der Waals surface area contributed by atoms with E-state index in [0.29, 0.717) is 49.6 Å². The molecule has 1 N–H and O–H groups in total. The molecule has 1 unspecified atom stereocenters. The van der Waals surface area contributed by atoms with Crippen molar-refractivity contribution in [1.82, 2.24) is 14.5 Å². The second-order valence-electron chi connectivity index (χ2n) is 8.64. The molecule has 0 radical (unpaired) electrons. The van der Waals surface area contributed by atoms with Gasteiger partial charge in [0, 0.05) is 13.1 Å². The summed E-state index contributed by atoms with van der Waals surface area (Å²) in [5, 5.41) is 3.59. The molecule has 0 aliphatic carbocycles. The van der Waals surface area contributed by atoms with E-state index in [9.17, 15) is 13.2 Å². The quantitative estimate of drug-likeness (QED) is 0.605. The third kappa shape index (κ3) is 4.21. The fourth-order valence-corrected chi connectivity index (χ4v) is 6.35. The van der Waals surface area contributed by atoms with Crippen molar-refractivity contribution in [2.75, 3.05) is 13.1 Å². The highest BCUT2D eigenvalue weighted by Crippen LogP contribution is 2.36. The average molecular weight is 466 g/mol. The van der Waals surface area contributed by atoms with Crippen molar-refractivity contribution in [3.05, 3.63) is 90.4 Å². The molecule has 2 aliphatic heterocycles. The Morgan fingerprint density at radius 1 is 0.939 bits per heavy atom. The van der Waals surface area contributed by atoms with Gasteiger partial charge in [0.15, 0.2) is 0 Å². The van der Waals surface area contributed by atoms with Gasteiger partial charge < -0.3 is 9.32 Å². The minimum Gasteiger partial charge on any atom is -0.467 e. The van der Waals surface area contributed by atoms with Gasteiger partial charge in [-0.2, -0.15) is 4.31 Å². The number of nitrogens with zero attached hydrogens (tertiary/aromatic N) is 2. The Morgan fingerprint density at radius 3 is 2.24 bits per heavy atom. The van der Waals surface area contributed by atoms with Crippen LogP contribution in [-0.2, 0) is 27.8 Å². The van der Waals surface area contributed by atoms with Crippen molar-refractivity contribution in [2.24, 2.45) is 0 Å². The molecule has 7 nitrogen and oxygen atoms in total. The second kappa shape index (κ2) is 8.78. The molecule has 2 saturated heterocycles. The molecule has 2 aliphatic rings. The zero-order chi connectivity index (χ0) is 22.9. The van der Waals surface area contributed by atoms with Gasteiger partial charge in [-0.05, 0) is 49.1 Å². The van der Waals surface area contributed by atoms with Gasteiger partial charge in [-0.3, -0.25) is 10.1 Å². The Kier molecular flexibility index (Phi) is 5.82. The number of amides is 1. The maximum atomic E-state index is 13.5. The molecule has 3 heterocycles. The molecule has 1 aromatic heterocycles. The number of carbonyl (C=O) groups is 1. The molecule has 1 amide bonds. The van der Waals surface area contributed by atoms with Gasteiger partial charge in [0.2, 0.25) is 15.9 Å². The molecule has 0 bridgehead atoms. The first-order valence-corrected chi connectivity index (χ1v) is 12.6. The minimum absolute atomic E-state index is 0.0228. The van der Waals surface area contributed by atoms with Gasteiger partial charge >= 0.3 is 0 Å². The van der Waals surface area contributed by atoms with Crippen LogP contribution in [0.5, 0.6) is 0 Å². The first-order chi connectivity index (χ1) is 16.0. The van der Waals surface area contributed by atoms with Gasteiger partial charge in [0.05, 0.1) is 29.4 Å². The third-order valence-electron chi connectivity index (χ3n) is 6.63. The third-order valence-corrected chi connectivity index (χ3v) is 8.54. The van der Waals surface area contributed by atoms with Crippen LogP contribution in [0.1, 0.15) is 24.2 Å². The fraction of sp³-hybridized carbons (Fsp3) is 0.320. The Bertz CT molecular complexity index is 1190. The second-order valence-corrected chi connectivity index (χ2v) is 10.6. The van der Waals surface area contributed by atoms with Crippen molar-refractivity contribution >= 4 is 15.9 Å². The lowest BCUT2D eigenvalue weighted by Gasteiger charge is -2.44. The summed E-state index contributed by atoms with van der Waals surface area (Å²) in [6.07, 6.45) is 3.21. The summed E-state index contributed by atoms with van der Waals surface area (Å²) in [5.74, 6) is 0.735. The Hall–Kier alpha value is -2.94. The molecule has 33 heavy (non-hydrogen) atoms. The maximum absolute atomic E-state index is 13.5. The molecular weight excluding hydrogens is 438 g/mol. The van der Waals surface area contributed by atoms with Gasteiger partial charge in [-0.1, -0.05) is 48.5 Å². The number of hydrogen-bond donors (Lipinski definition) is 1. The summed E-state index contributed by atoms with van der Waals surface area (Å²) in [4.78, 5) is 15.6. The number of nitrogens with one attached hydrogen (secondary N) is 1. The van der Waals surface area contributed by atoms with Crippen molar-refractivity contribution in [1.29, 1.82) is 0 Å². The number of hydrogen-bond acceptors (Lipinski definition) is 5. The van der Waals surface area contributed by atoms with Crippen LogP contribution in [0, 0.1) is 0 Å². The van der Waals surface area contributed by atoms with Gasteiger partial charge in [0.25, 0.3) is 0 Å². The number of benzene rings is 2. The standard InChI is InChI=1S/C25H27N3O4S/c29-24-23(18-20-8-3-1-4-9-20)26-25(28(24)19-21-10-7-17-32-21)13-15-27(16-14-25)33(30,31)22-11-5-2-6-12-22/h1-12,17,23,26H,13-16,18-19H2. The smallest absolute Gasteiger partial charge is 0.243 e. The minimum atomic E-state index is -3.57. The predicted octanol–water partition coefficient (Wildman–Crippen LogP) is 3.00. The number of piperidine rings is 1. The van der Waals surface area contributed by atoms with E-state index in [1.165, 1.54) is 4.31 Å². The number of carbonyl (C=O) groups excluding carboxylic acids is 1. The summed E-state index contributed by atoms with van der Waals surface area (Å²) >= 11 is 0. The van der Waals surface area contributed by atoms with Crippen molar-refractivity contribution in [2.45, 2.75) is 42.4 Å². The van der Waals surface area contributed by atoms with Crippen LogP contribution < -0.4 is 5.32 Å². The first-order valence-electron chi connectivity index (χ1n) is 11.2. The maximum Gasteiger partial charge on any atom is 0.243 e. The van der Waals surface area contributed by atoms with Crippen molar-refractivity contribution < 1.29 is 17.6 Å². The summed E-state index contributed by atoms with van der Waals surface area (Å²) < 4.78 is 33.3. The number of rotatable bonds is 6. The van der Waals surface area contributed by atoms with E-state index >= 15 is 0 Å². The van der Waals surface area contributed by atoms with Gasteiger partial charge in [-0.25, -0.2) is 8.42 Å². The van der Waals surface area contributed by atoms with Crippen LogP contribution in [0.2, 0.25) is 0 Å². The van der Waals surface area contributed by atoms with Gasteiger partial charge in [0.1, 0.15) is 5.76 Å². The Balaban J connectivity index is 1.38. The van der Waals surface area contributed by atoms with Crippen LogP contribution >= 0.6 is 0 Å². The van der Waals surface area contributed by atoms with E-state index in [1.54, 1.807) is 36.6 Å². The van der Waals surface area contributed by atoms with E-state index in [0.717, 1.165) is 5.56 Å². The topological polar surface area (TPSA) is 82.9 Å². The van der Waals surface area contributed by atoms with Crippen molar-refractivity contribution in [3.8, 4) is 0 Å². The molecule has 1 spiro atoms. The summed E-state index contributed by atoms with van der Waals surface area (Å²) in [6, 6.07) is 21.8. The lowest BCUT2D eigenvalue weighted by Crippen LogP contribution is -2.59. The molecule has 0 saturated carbocycles. The Morgan fingerprint density at radius 2 is 1.61 bits per heavy atom. The predicted molar refractivity (Wildman–Crippen MR) is 123 cm³/mol. The Labute approximate surface area is 194 Å². The number of furan rings is 1. The highest BCUT2D eigenvalue weighted by Gasteiger charge is 2.52. The van der Waals surface area contributed by atoms with E-state index < -0.39 is 15.7 Å². The molecule has 5 rings (SSSR count). The fourth-order valence-electron chi connectivity index (χ4n) is 4.89. The highest BCUT2D eigenvalue weighted by molar-refractivity contribution is 7.89.